The highest BCUT2D eigenvalue weighted by atomic mass is 19.4. The number of alkyl halides is 3. The van der Waals surface area contributed by atoms with Gasteiger partial charge in [-0.25, -0.2) is 0 Å². The second kappa shape index (κ2) is 6.21. The van der Waals surface area contributed by atoms with Crippen LogP contribution in [0.5, 0.6) is 0 Å². The first-order chi connectivity index (χ1) is 10.3. The number of aromatic amines is 1. The normalized spacial score (nSPS) is 11.5. The number of rotatable bonds is 4. The van der Waals surface area contributed by atoms with E-state index < -0.39 is 17.6 Å². The second-order valence-electron chi connectivity index (χ2n) is 4.99. The fraction of sp³-hybridized carbons (Fsp3) is 0.333. The Hall–Kier alpha value is -2.31. The number of H-pyrrole nitrogens is 1. The summed E-state index contributed by atoms with van der Waals surface area (Å²) in [6, 6.07) is 4.15. The molecule has 118 valence electrons. The average Bonchev–Trinajstić information content (AvgIpc) is 2.78. The molecule has 0 aliphatic carbocycles. The van der Waals surface area contributed by atoms with E-state index in [1.54, 1.807) is 0 Å². The van der Waals surface area contributed by atoms with Gasteiger partial charge < -0.3 is 5.32 Å². The van der Waals surface area contributed by atoms with Crippen LogP contribution in [0.1, 0.15) is 32.9 Å². The monoisotopic (exact) mass is 311 g/mol. The van der Waals surface area contributed by atoms with Crippen molar-refractivity contribution in [3.05, 3.63) is 52.3 Å². The van der Waals surface area contributed by atoms with Gasteiger partial charge in [-0.2, -0.15) is 18.3 Å². The minimum Gasteiger partial charge on any atom is -0.352 e. The zero-order valence-electron chi connectivity index (χ0n) is 12.2. The number of nitrogens with zero attached hydrogens (tertiary/aromatic N) is 1. The molecule has 1 amide bonds. The molecule has 0 saturated carbocycles. The van der Waals surface area contributed by atoms with Crippen LogP contribution in [0.3, 0.4) is 0 Å². The predicted octanol–water partition coefficient (Wildman–Crippen LogP) is 3.02. The van der Waals surface area contributed by atoms with Crippen molar-refractivity contribution in [2.45, 2.75) is 26.4 Å². The first-order valence-corrected chi connectivity index (χ1v) is 6.75. The largest absolute Gasteiger partial charge is 0.416 e. The van der Waals surface area contributed by atoms with Crippen molar-refractivity contribution in [2.24, 2.45) is 0 Å². The molecule has 0 aliphatic heterocycles. The molecule has 1 aromatic carbocycles. The summed E-state index contributed by atoms with van der Waals surface area (Å²) in [5, 5.41) is 9.61. The first kappa shape index (κ1) is 16.1. The summed E-state index contributed by atoms with van der Waals surface area (Å²) in [6.07, 6.45) is -3.79. The summed E-state index contributed by atoms with van der Waals surface area (Å²) >= 11 is 0. The zero-order chi connectivity index (χ0) is 16.3. The van der Waals surface area contributed by atoms with Crippen molar-refractivity contribution in [3.8, 4) is 0 Å². The molecule has 2 N–H and O–H groups in total. The lowest BCUT2D eigenvalue weighted by Gasteiger charge is -2.08. The number of halogens is 3. The maximum atomic E-state index is 12.4. The molecule has 2 aromatic rings. The van der Waals surface area contributed by atoms with E-state index in [0.717, 1.165) is 29.1 Å². The summed E-state index contributed by atoms with van der Waals surface area (Å²) in [7, 11) is 0. The van der Waals surface area contributed by atoms with Gasteiger partial charge in [0.25, 0.3) is 5.91 Å². The van der Waals surface area contributed by atoms with Gasteiger partial charge in [0.05, 0.1) is 11.3 Å². The number of amides is 1. The van der Waals surface area contributed by atoms with E-state index in [9.17, 15) is 18.0 Å². The van der Waals surface area contributed by atoms with E-state index in [1.165, 1.54) is 12.1 Å². The summed E-state index contributed by atoms with van der Waals surface area (Å²) in [5.41, 5.74) is 2.29. The fourth-order valence-corrected chi connectivity index (χ4v) is 2.16. The fourth-order valence-electron chi connectivity index (χ4n) is 2.16. The molecule has 1 aromatic heterocycles. The maximum absolute atomic E-state index is 12.4. The van der Waals surface area contributed by atoms with Crippen LogP contribution in [0, 0.1) is 13.8 Å². The van der Waals surface area contributed by atoms with Crippen LogP contribution in [-0.4, -0.2) is 22.6 Å². The second-order valence-corrected chi connectivity index (χ2v) is 4.99. The molecule has 0 atom stereocenters. The van der Waals surface area contributed by atoms with Gasteiger partial charge in [-0.05, 0) is 50.1 Å². The van der Waals surface area contributed by atoms with Gasteiger partial charge in [0, 0.05) is 17.8 Å². The molecule has 0 fully saturated rings. The summed E-state index contributed by atoms with van der Waals surface area (Å²) in [4.78, 5) is 11.9. The van der Waals surface area contributed by atoms with Crippen molar-refractivity contribution in [3.63, 3.8) is 0 Å². The van der Waals surface area contributed by atoms with Crippen molar-refractivity contribution >= 4 is 5.91 Å². The summed E-state index contributed by atoms with van der Waals surface area (Å²) in [5.74, 6) is -0.396. The van der Waals surface area contributed by atoms with Crippen LogP contribution < -0.4 is 5.32 Å². The quantitative estimate of drug-likeness (QED) is 0.912. The van der Waals surface area contributed by atoms with Gasteiger partial charge in [0.1, 0.15) is 0 Å². The topological polar surface area (TPSA) is 57.8 Å². The third-order valence-corrected chi connectivity index (χ3v) is 3.42. The number of carbonyl (C=O) groups excluding carboxylic acids is 1. The van der Waals surface area contributed by atoms with E-state index in [-0.39, 0.29) is 5.56 Å². The third-order valence-electron chi connectivity index (χ3n) is 3.42. The van der Waals surface area contributed by atoms with Gasteiger partial charge in [-0.15, -0.1) is 0 Å². The Balaban J connectivity index is 1.93. The molecule has 0 spiro atoms. The lowest BCUT2D eigenvalue weighted by molar-refractivity contribution is -0.137. The molecule has 0 radical (unpaired) electrons. The van der Waals surface area contributed by atoms with Gasteiger partial charge in [0.2, 0.25) is 0 Å². The number of nitrogens with one attached hydrogen (secondary N) is 2. The SMILES string of the molecule is Cc1n[nH]c(C)c1CCNC(=O)c1ccc(C(F)(F)F)cc1. The van der Waals surface area contributed by atoms with Crippen LogP contribution >= 0.6 is 0 Å². The van der Waals surface area contributed by atoms with Crippen molar-refractivity contribution in [1.82, 2.24) is 15.5 Å². The Morgan fingerprint density at radius 1 is 1.23 bits per heavy atom. The van der Waals surface area contributed by atoms with E-state index >= 15 is 0 Å². The smallest absolute Gasteiger partial charge is 0.352 e. The standard InChI is InChI=1S/C15H16F3N3O/c1-9-13(10(2)21-20-9)7-8-19-14(22)11-3-5-12(6-4-11)15(16,17)18/h3-6H,7-8H2,1-2H3,(H,19,22)(H,20,21). The molecule has 0 bridgehead atoms. The van der Waals surface area contributed by atoms with E-state index in [0.29, 0.717) is 13.0 Å². The number of aromatic nitrogens is 2. The van der Waals surface area contributed by atoms with Gasteiger partial charge >= 0.3 is 6.18 Å². The number of benzene rings is 1. The molecular weight excluding hydrogens is 295 g/mol. The molecule has 22 heavy (non-hydrogen) atoms. The van der Waals surface area contributed by atoms with E-state index in [1.807, 2.05) is 13.8 Å². The lowest BCUT2D eigenvalue weighted by atomic mass is 10.1. The minimum atomic E-state index is -4.40. The molecule has 0 unspecified atom stereocenters. The molecule has 7 heteroatoms. The van der Waals surface area contributed by atoms with Crippen LogP contribution in [0.2, 0.25) is 0 Å². The molecule has 0 aliphatic rings. The summed E-state index contributed by atoms with van der Waals surface area (Å²) < 4.78 is 37.3. The van der Waals surface area contributed by atoms with Gasteiger partial charge in [-0.3, -0.25) is 9.89 Å². The Morgan fingerprint density at radius 3 is 2.36 bits per heavy atom. The number of hydrogen-bond acceptors (Lipinski definition) is 2. The van der Waals surface area contributed by atoms with Crippen molar-refractivity contribution in [2.75, 3.05) is 6.54 Å². The number of hydrogen-bond donors (Lipinski definition) is 2. The molecule has 0 saturated heterocycles. The molecule has 2 rings (SSSR count). The molecular formula is C15H16F3N3O. The Bertz CT molecular complexity index is 640. The number of carbonyl (C=O) groups is 1. The van der Waals surface area contributed by atoms with Crippen molar-refractivity contribution < 1.29 is 18.0 Å². The zero-order valence-corrected chi connectivity index (χ0v) is 12.2. The van der Waals surface area contributed by atoms with E-state index in [4.69, 9.17) is 0 Å². The average molecular weight is 311 g/mol. The number of aryl methyl sites for hydroxylation is 2. The van der Waals surface area contributed by atoms with E-state index in [2.05, 4.69) is 15.5 Å². The summed E-state index contributed by atoms with van der Waals surface area (Å²) in [6.45, 7) is 4.16. The Kier molecular flexibility index (Phi) is 4.54. The van der Waals surface area contributed by atoms with Gasteiger partial charge in [0.15, 0.2) is 0 Å². The highest BCUT2D eigenvalue weighted by molar-refractivity contribution is 5.94. The van der Waals surface area contributed by atoms with Crippen LogP contribution in [-0.2, 0) is 12.6 Å². The Morgan fingerprint density at radius 2 is 1.86 bits per heavy atom. The highest BCUT2D eigenvalue weighted by Gasteiger charge is 2.30. The van der Waals surface area contributed by atoms with Crippen LogP contribution in [0.15, 0.2) is 24.3 Å². The maximum Gasteiger partial charge on any atom is 0.416 e. The van der Waals surface area contributed by atoms with Crippen LogP contribution in [0.25, 0.3) is 0 Å². The van der Waals surface area contributed by atoms with Gasteiger partial charge in [-0.1, -0.05) is 0 Å². The third kappa shape index (κ3) is 3.66. The molecule has 1 heterocycles. The van der Waals surface area contributed by atoms with Crippen molar-refractivity contribution in [1.29, 1.82) is 0 Å². The first-order valence-electron chi connectivity index (χ1n) is 6.75. The minimum absolute atomic E-state index is 0.202. The van der Waals surface area contributed by atoms with Crippen LogP contribution in [0.4, 0.5) is 13.2 Å². The Labute approximate surface area is 125 Å². The highest BCUT2D eigenvalue weighted by Crippen LogP contribution is 2.29. The lowest BCUT2D eigenvalue weighted by Crippen LogP contribution is -2.26. The predicted molar refractivity (Wildman–Crippen MR) is 75.5 cm³/mol. The molecule has 4 nitrogen and oxygen atoms in total.